The van der Waals surface area contributed by atoms with Crippen molar-refractivity contribution in [1.29, 1.82) is 0 Å². The van der Waals surface area contributed by atoms with Gasteiger partial charge in [-0.2, -0.15) is 0 Å². The Kier molecular flexibility index (Phi) is 5.64. The molecule has 2 heterocycles. The lowest BCUT2D eigenvalue weighted by molar-refractivity contribution is 0.0382. The largest absolute Gasteiger partial charge is 0.375 e. The molecule has 1 aromatic rings. The molecule has 1 atom stereocenters. The second-order valence-electron chi connectivity index (χ2n) is 5.53. The van der Waals surface area contributed by atoms with Crippen LogP contribution in [0.25, 0.3) is 0 Å². The Hall–Kier alpha value is -0.840. The molecule has 0 bridgehead atoms. The van der Waals surface area contributed by atoms with Gasteiger partial charge in [0.25, 0.3) is 0 Å². The van der Waals surface area contributed by atoms with Crippen LogP contribution in [-0.2, 0) is 11.3 Å². The standard InChI is InChI=1S/C15H24ClN3O/c1-4-13-10-19(5-6-20-13)15-14(16)7-12(9-18-15)8-17-11(2)3/h7,9,11,13,17H,4-6,8,10H2,1-3H3. The molecule has 1 saturated heterocycles. The number of nitrogens with one attached hydrogen (secondary N) is 1. The fraction of sp³-hybridized carbons (Fsp3) is 0.667. The van der Waals surface area contributed by atoms with Gasteiger partial charge in [0.05, 0.1) is 17.7 Å². The van der Waals surface area contributed by atoms with Crippen LogP contribution in [0.2, 0.25) is 5.02 Å². The van der Waals surface area contributed by atoms with Crippen molar-refractivity contribution in [2.75, 3.05) is 24.6 Å². The lowest BCUT2D eigenvalue weighted by Crippen LogP contribution is -2.42. The topological polar surface area (TPSA) is 37.4 Å². The van der Waals surface area contributed by atoms with Crippen LogP contribution in [0.5, 0.6) is 0 Å². The van der Waals surface area contributed by atoms with Crippen molar-refractivity contribution in [3.05, 3.63) is 22.8 Å². The first-order valence-electron chi connectivity index (χ1n) is 7.34. The van der Waals surface area contributed by atoms with Crippen molar-refractivity contribution in [2.45, 2.75) is 45.9 Å². The molecule has 0 spiro atoms. The average Bonchev–Trinajstić information content (AvgIpc) is 2.45. The van der Waals surface area contributed by atoms with Crippen molar-refractivity contribution in [2.24, 2.45) is 0 Å². The van der Waals surface area contributed by atoms with Crippen LogP contribution >= 0.6 is 11.6 Å². The summed E-state index contributed by atoms with van der Waals surface area (Å²) in [6, 6.07) is 2.47. The number of pyridine rings is 1. The van der Waals surface area contributed by atoms with E-state index in [1.54, 1.807) is 0 Å². The zero-order valence-electron chi connectivity index (χ0n) is 12.5. The molecule has 20 heavy (non-hydrogen) atoms. The van der Waals surface area contributed by atoms with Gasteiger partial charge in [-0.05, 0) is 18.1 Å². The van der Waals surface area contributed by atoms with E-state index >= 15 is 0 Å². The van der Waals surface area contributed by atoms with Gasteiger partial charge in [0, 0.05) is 31.9 Å². The number of ether oxygens (including phenoxy) is 1. The van der Waals surface area contributed by atoms with Crippen LogP contribution in [-0.4, -0.2) is 36.8 Å². The number of anilines is 1. The SMILES string of the molecule is CCC1CN(c2ncc(CNC(C)C)cc2Cl)CCO1. The quantitative estimate of drug-likeness (QED) is 0.907. The molecule has 112 valence electrons. The molecule has 0 aromatic carbocycles. The van der Waals surface area contributed by atoms with E-state index in [0.29, 0.717) is 6.04 Å². The van der Waals surface area contributed by atoms with Gasteiger partial charge in [0.1, 0.15) is 5.82 Å². The first kappa shape index (κ1) is 15.5. The third-order valence-electron chi connectivity index (χ3n) is 3.49. The van der Waals surface area contributed by atoms with E-state index in [9.17, 15) is 0 Å². The molecule has 1 fully saturated rings. The highest BCUT2D eigenvalue weighted by Crippen LogP contribution is 2.26. The summed E-state index contributed by atoms with van der Waals surface area (Å²) in [6.45, 7) is 9.66. The second kappa shape index (κ2) is 7.25. The molecule has 1 aliphatic rings. The summed E-state index contributed by atoms with van der Waals surface area (Å²) in [5.41, 5.74) is 1.12. The highest BCUT2D eigenvalue weighted by atomic mass is 35.5. The average molecular weight is 298 g/mol. The normalized spacial score (nSPS) is 19.6. The molecular formula is C15H24ClN3O. The maximum Gasteiger partial charge on any atom is 0.147 e. The van der Waals surface area contributed by atoms with Crippen LogP contribution in [0.1, 0.15) is 32.8 Å². The van der Waals surface area contributed by atoms with Gasteiger partial charge in [0.2, 0.25) is 0 Å². The molecule has 1 unspecified atom stereocenters. The molecule has 0 amide bonds. The molecule has 1 aromatic heterocycles. The molecule has 2 rings (SSSR count). The van der Waals surface area contributed by atoms with E-state index in [4.69, 9.17) is 16.3 Å². The number of morpholine rings is 1. The first-order valence-corrected chi connectivity index (χ1v) is 7.72. The zero-order chi connectivity index (χ0) is 14.5. The van der Waals surface area contributed by atoms with E-state index in [0.717, 1.165) is 49.1 Å². The Morgan fingerprint density at radius 3 is 3.00 bits per heavy atom. The van der Waals surface area contributed by atoms with Gasteiger partial charge in [-0.1, -0.05) is 32.4 Å². The predicted molar refractivity (Wildman–Crippen MR) is 83.5 cm³/mol. The van der Waals surface area contributed by atoms with Gasteiger partial charge < -0.3 is 15.0 Å². The minimum atomic E-state index is 0.281. The molecule has 1 aliphatic heterocycles. The Morgan fingerprint density at radius 1 is 1.55 bits per heavy atom. The summed E-state index contributed by atoms with van der Waals surface area (Å²) in [6.07, 6.45) is 3.21. The minimum Gasteiger partial charge on any atom is -0.375 e. The fourth-order valence-electron chi connectivity index (χ4n) is 2.28. The van der Waals surface area contributed by atoms with Gasteiger partial charge in [-0.3, -0.25) is 0 Å². The van der Waals surface area contributed by atoms with E-state index < -0.39 is 0 Å². The van der Waals surface area contributed by atoms with Crippen molar-refractivity contribution in [3.8, 4) is 0 Å². The monoisotopic (exact) mass is 297 g/mol. The highest BCUT2D eigenvalue weighted by Gasteiger charge is 2.21. The summed E-state index contributed by atoms with van der Waals surface area (Å²) in [5.74, 6) is 0.877. The van der Waals surface area contributed by atoms with Crippen LogP contribution in [0.3, 0.4) is 0 Å². The van der Waals surface area contributed by atoms with Crippen molar-refractivity contribution >= 4 is 17.4 Å². The molecule has 4 nitrogen and oxygen atoms in total. The molecule has 0 radical (unpaired) electrons. The van der Waals surface area contributed by atoms with Crippen LogP contribution in [0, 0.1) is 0 Å². The number of nitrogens with zero attached hydrogens (tertiary/aromatic N) is 2. The third-order valence-corrected chi connectivity index (χ3v) is 3.76. The number of halogens is 1. The third kappa shape index (κ3) is 4.08. The molecular weight excluding hydrogens is 274 g/mol. The number of hydrogen-bond donors (Lipinski definition) is 1. The van der Waals surface area contributed by atoms with Gasteiger partial charge >= 0.3 is 0 Å². The van der Waals surface area contributed by atoms with Gasteiger partial charge in [-0.15, -0.1) is 0 Å². The minimum absolute atomic E-state index is 0.281. The van der Waals surface area contributed by atoms with Crippen molar-refractivity contribution in [1.82, 2.24) is 10.3 Å². The molecule has 0 saturated carbocycles. The summed E-state index contributed by atoms with van der Waals surface area (Å²) in [5, 5.41) is 4.10. The van der Waals surface area contributed by atoms with Gasteiger partial charge in [0.15, 0.2) is 0 Å². The van der Waals surface area contributed by atoms with Crippen molar-refractivity contribution in [3.63, 3.8) is 0 Å². The van der Waals surface area contributed by atoms with Crippen molar-refractivity contribution < 1.29 is 4.74 Å². The molecule has 1 N–H and O–H groups in total. The number of hydrogen-bond acceptors (Lipinski definition) is 4. The summed E-state index contributed by atoms with van der Waals surface area (Å²) in [7, 11) is 0. The van der Waals surface area contributed by atoms with Crippen LogP contribution in [0.4, 0.5) is 5.82 Å². The second-order valence-corrected chi connectivity index (χ2v) is 5.94. The smallest absolute Gasteiger partial charge is 0.147 e. The Labute approximate surface area is 126 Å². The lowest BCUT2D eigenvalue weighted by Gasteiger charge is -2.33. The van der Waals surface area contributed by atoms with Gasteiger partial charge in [-0.25, -0.2) is 4.98 Å². The first-order chi connectivity index (χ1) is 9.60. The molecule has 0 aliphatic carbocycles. The summed E-state index contributed by atoms with van der Waals surface area (Å²) in [4.78, 5) is 6.77. The lowest BCUT2D eigenvalue weighted by atomic mass is 10.2. The Balaban J connectivity index is 2.05. The van der Waals surface area contributed by atoms with Crippen LogP contribution < -0.4 is 10.2 Å². The maximum absolute atomic E-state index is 6.40. The van der Waals surface area contributed by atoms with E-state index in [2.05, 4.69) is 36.0 Å². The Morgan fingerprint density at radius 2 is 2.35 bits per heavy atom. The Bertz CT molecular complexity index is 439. The highest BCUT2D eigenvalue weighted by molar-refractivity contribution is 6.33. The zero-order valence-corrected chi connectivity index (χ0v) is 13.3. The van der Waals surface area contributed by atoms with Crippen LogP contribution in [0.15, 0.2) is 12.3 Å². The maximum atomic E-state index is 6.40. The summed E-state index contributed by atoms with van der Waals surface area (Å²) < 4.78 is 5.68. The van der Waals surface area contributed by atoms with E-state index in [-0.39, 0.29) is 6.10 Å². The predicted octanol–water partition coefficient (Wildman–Crippen LogP) is 2.85. The molecule has 5 heteroatoms. The van der Waals surface area contributed by atoms with E-state index in [1.165, 1.54) is 0 Å². The fourth-order valence-corrected chi connectivity index (χ4v) is 2.59. The summed E-state index contributed by atoms with van der Waals surface area (Å²) >= 11 is 6.40. The number of aromatic nitrogens is 1. The number of rotatable bonds is 5. The van der Waals surface area contributed by atoms with E-state index in [1.807, 2.05) is 12.3 Å².